The first kappa shape index (κ1) is 15.9. The lowest BCUT2D eigenvalue weighted by Gasteiger charge is -2.05. The van der Waals surface area contributed by atoms with Crippen LogP contribution in [0.3, 0.4) is 0 Å². The van der Waals surface area contributed by atoms with Gasteiger partial charge < -0.3 is 11.5 Å². The second kappa shape index (κ2) is 6.54. The summed E-state index contributed by atoms with van der Waals surface area (Å²) in [6.45, 7) is 0. The summed E-state index contributed by atoms with van der Waals surface area (Å²) in [5.74, 6) is 0. The van der Waals surface area contributed by atoms with Crippen LogP contribution in [0.1, 0.15) is 0 Å². The Morgan fingerprint density at radius 2 is 1.14 bits per heavy atom. The van der Waals surface area contributed by atoms with Crippen LogP contribution in [0.4, 0.5) is 22.7 Å². The third-order valence-electron chi connectivity index (χ3n) is 2.58. The Labute approximate surface area is 132 Å². The maximum absolute atomic E-state index is 11.0. The van der Waals surface area contributed by atoms with Crippen LogP contribution >= 0.6 is 21.6 Å². The predicted molar refractivity (Wildman–Crippen MR) is 86.7 cm³/mol. The molecule has 0 radical (unpaired) electrons. The van der Waals surface area contributed by atoms with E-state index in [0.29, 0.717) is 9.79 Å². The average Bonchev–Trinajstić information content (AvgIpc) is 2.46. The number of nitrogen functional groups attached to an aromatic ring is 2. The first-order valence-electron chi connectivity index (χ1n) is 5.81. The molecule has 2 aromatic carbocycles. The summed E-state index contributed by atoms with van der Waals surface area (Å²) in [6, 6.07) is 8.59. The minimum Gasteiger partial charge on any atom is -0.399 e. The molecular weight excluding hydrogens is 328 g/mol. The van der Waals surface area contributed by atoms with Crippen LogP contribution in [0.2, 0.25) is 0 Å². The van der Waals surface area contributed by atoms with E-state index in [1.807, 2.05) is 0 Å². The molecule has 0 aliphatic carbocycles. The van der Waals surface area contributed by atoms with Crippen LogP contribution in [0.25, 0.3) is 0 Å². The van der Waals surface area contributed by atoms with E-state index in [2.05, 4.69) is 0 Å². The highest BCUT2D eigenvalue weighted by molar-refractivity contribution is 8.76. The molecule has 0 aliphatic rings. The summed E-state index contributed by atoms with van der Waals surface area (Å²) in [6.07, 6.45) is 0. The van der Waals surface area contributed by atoms with E-state index in [4.69, 9.17) is 11.5 Å². The fourth-order valence-electron chi connectivity index (χ4n) is 1.58. The molecule has 114 valence electrons. The first-order chi connectivity index (χ1) is 10.4. The smallest absolute Gasteiger partial charge is 0.285 e. The van der Waals surface area contributed by atoms with Gasteiger partial charge >= 0.3 is 0 Å². The molecule has 0 aromatic heterocycles. The quantitative estimate of drug-likeness (QED) is 0.365. The standard InChI is InChI=1S/C12H10N4O4S2/c13-7-1-3-11(9(5-7)15(17)18)21-22-12-4-2-8(14)6-10(12)16(19)20/h1-6H,13-14H2. The second-order valence-corrected chi connectivity index (χ2v) is 6.35. The van der Waals surface area contributed by atoms with Gasteiger partial charge in [-0.1, -0.05) is 0 Å². The Bertz CT molecular complexity index is 690. The maximum atomic E-state index is 11.0. The molecule has 0 bridgehead atoms. The lowest BCUT2D eigenvalue weighted by molar-refractivity contribution is -0.387. The third-order valence-corrected chi connectivity index (χ3v) is 5.04. The Balaban J connectivity index is 2.28. The number of nitrogens with two attached hydrogens (primary N) is 2. The average molecular weight is 338 g/mol. The topological polar surface area (TPSA) is 138 Å². The molecule has 0 spiro atoms. The van der Waals surface area contributed by atoms with Crippen molar-refractivity contribution in [1.82, 2.24) is 0 Å². The van der Waals surface area contributed by atoms with Crippen LogP contribution in [0.5, 0.6) is 0 Å². The van der Waals surface area contributed by atoms with Gasteiger partial charge in [-0.2, -0.15) is 0 Å². The molecular formula is C12H10N4O4S2. The molecule has 0 unspecified atom stereocenters. The zero-order chi connectivity index (χ0) is 16.3. The van der Waals surface area contributed by atoms with Gasteiger partial charge in [0.05, 0.1) is 19.6 Å². The van der Waals surface area contributed by atoms with Crippen molar-refractivity contribution in [2.45, 2.75) is 9.79 Å². The van der Waals surface area contributed by atoms with Crippen LogP contribution in [-0.2, 0) is 0 Å². The van der Waals surface area contributed by atoms with Gasteiger partial charge in [0.25, 0.3) is 11.4 Å². The fourth-order valence-corrected chi connectivity index (χ4v) is 3.83. The summed E-state index contributed by atoms with van der Waals surface area (Å²) in [7, 11) is 2.10. The fraction of sp³-hybridized carbons (Fsp3) is 0. The summed E-state index contributed by atoms with van der Waals surface area (Å²) in [5, 5.41) is 22.0. The van der Waals surface area contributed by atoms with Gasteiger partial charge in [0.2, 0.25) is 0 Å². The largest absolute Gasteiger partial charge is 0.399 e. The Morgan fingerprint density at radius 3 is 1.45 bits per heavy atom. The lowest BCUT2D eigenvalue weighted by Crippen LogP contribution is -1.94. The van der Waals surface area contributed by atoms with Gasteiger partial charge in [0, 0.05) is 23.5 Å². The molecule has 8 nitrogen and oxygen atoms in total. The third kappa shape index (κ3) is 3.59. The molecule has 22 heavy (non-hydrogen) atoms. The summed E-state index contributed by atoms with van der Waals surface area (Å²) in [5.41, 5.74) is 11.3. The molecule has 0 fully saturated rings. The Hall–Kier alpha value is -2.46. The monoisotopic (exact) mass is 338 g/mol. The van der Waals surface area contributed by atoms with E-state index < -0.39 is 9.85 Å². The van der Waals surface area contributed by atoms with Crippen LogP contribution in [-0.4, -0.2) is 9.85 Å². The van der Waals surface area contributed by atoms with Gasteiger partial charge in [-0.05, 0) is 45.9 Å². The van der Waals surface area contributed by atoms with Gasteiger partial charge in [0.1, 0.15) is 0 Å². The highest BCUT2D eigenvalue weighted by Gasteiger charge is 2.19. The van der Waals surface area contributed by atoms with Gasteiger partial charge in [-0.3, -0.25) is 20.2 Å². The van der Waals surface area contributed by atoms with Gasteiger partial charge in [-0.25, -0.2) is 0 Å². The molecule has 10 heteroatoms. The molecule has 0 amide bonds. The van der Waals surface area contributed by atoms with Crippen molar-refractivity contribution in [1.29, 1.82) is 0 Å². The Morgan fingerprint density at radius 1 is 0.773 bits per heavy atom. The van der Waals surface area contributed by atoms with Crippen molar-refractivity contribution in [3.05, 3.63) is 56.6 Å². The maximum Gasteiger partial charge on any atom is 0.285 e. The number of hydrogen-bond donors (Lipinski definition) is 2. The molecule has 0 saturated heterocycles. The zero-order valence-electron chi connectivity index (χ0n) is 11.0. The second-order valence-electron chi connectivity index (χ2n) is 4.14. The Kier molecular flexibility index (Phi) is 4.73. The minimum atomic E-state index is -0.545. The van der Waals surface area contributed by atoms with Crippen molar-refractivity contribution in [3.8, 4) is 0 Å². The lowest BCUT2D eigenvalue weighted by atomic mass is 10.3. The number of nitro groups is 2. The van der Waals surface area contributed by atoms with Crippen molar-refractivity contribution >= 4 is 44.3 Å². The van der Waals surface area contributed by atoms with Crippen molar-refractivity contribution < 1.29 is 9.85 Å². The molecule has 0 heterocycles. The molecule has 2 rings (SSSR count). The van der Waals surface area contributed by atoms with Gasteiger partial charge in [0.15, 0.2) is 0 Å². The first-order valence-corrected chi connectivity index (χ1v) is 7.96. The summed E-state index contributed by atoms with van der Waals surface area (Å²) >= 11 is 0. The van der Waals surface area contributed by atoms with Crippen molar-refractivity contribution in [3.63, 3.8) is 0 Å². The molecule has 0 atom stereocenters. The normalized spacial score (nSPS) is 10.4. The molecule has 0 aliphatic heterocycles. The number of rotatable bonds is 5. The predicted octanol–water partition coefficient (Wildman–Crippen LogP) is 3.47. The van der Waals surface area contributed by atoms with Crippen LogP contribution in [0.15, 0.2) is 46.2 Å². The van der Waals surface area contributed by atoms with E-state index in [-0.39, 0.29) is 22.7 Å². The van der Waals surface area contributed by atoms with E-state index in [1.165, 1.54) is 36.4 Å². The van der Waals surface area contributed by atoms with Crippen molar-refractivity contribution in [2.24, 2.45) is 0 Å². The number of benzene rings is 2. The molecule has 4 N–H and O–H groups in total. The summed E-state index contributed by atoms with van der Waals surface area (Å²) in [4.78, 5) is 21.6. The van der Waals surface area contributed by atoms with Crippen LogP contribution in [0, 0.1) is 20.2 Å². The number of anilines is 2. The highest BCUT2D eigenvalue weighted by atomic mass is 33.1. The van der Waals surface area contributed by atoms with Crippen molar-refractivity contribution in [2.75, 3.05) is 11.5 Å². The van der Waals surface area contributed by atoms with E-state index in [1.54, 1.807) is 0 Å². The number of hydrogen-bond acceptors (Lipinski definition) is 8. The SMILES string of the molecule is Nc1ccc(SSc2ccc(N)cc2[N+](=O)[O-])c([N+](=O)[O-])c1. The van der Waals surface area contributed by atoms with Gasteiger partial charge in [-0.15, -0.1) is 0 Å². The highest BCUT2D eigenvalue weighted by Crippen LogP contribution is 2.45. The minimum absolute atomic E-state index is 0.143. The van der Waals surface area contributed by atoms with E-state index >= 15 is 0 Å². The zero-order valence-corrected chi connectivity index (χ0v) is 12.6. The number of nitrogens with zero attached hydrogens (tertiary/aromatic N) is 2. The molecule has 0 saturated carbocycles. The number of nitro benzene ring substituents is 2. The van der Waals surface area contributed by atoms with E-state index in [0.717, 1.165) is 21.6 Å². The van der Waals surface area contributed by atoms with E-state index in [9.17, 15) is 20.2 Å². The summed E-state index contributed by atoms with van der Waals surface area (Å²) < 4.78 is 0. The molecule has 2 aromatic rings. The van der Waals surface area contributed by atoms with Crippen LogP contribution < -0.4 is 11.5 Å².